The van der Waals surface area contributed by atoms with Gasteiger partial charge < -0.3 is 14.4 Å². The van der Waals surface area contributed by atoms with E-state index in [9.17, 15) is 4.79 Å². The number of ether oxygens (including phenoxy) is 2. The van der Waals surface area contributed by atoms with E-state index in [0.717, 1.165) is 44.8 Å². The van der Waals surface area contributed by atoms with Crippen molar-refractivity contribution in [2.75, 3.05) is 32.8 Å². The van der Waals surface area contributed by atoms with Crippen molar-refractivity contribution < 1.29 is 14.3 Å². The highest BCUT2D eigenvalue weighted by molar-refractivity contribution is 5.70. The van der Waals surface area contributed by atoms with Gasteiger partial charge in [-0.15, -0.1) is 0 Å². The molecule has 0 spiro atoms. The molecule has 0 amide bonds. The van der Waals surface area contributed by atoms with E-state index in [0.29, 0.717) is 6.42 Å². The van der Waals surface area contributed by atoms with Gasteiger partial charge in [-0.3, -0.25) is 4.79 Å². The molecule has 1 aromatic rings. The lowest BCUT2D eigenvalue weighted by molar-refractivity contribution is -0.162. The van der Waals surface area contributed by atoms with Crippen LogP contribution in [-0.4, -0.2) is 49.3 Å². The first-order chi connectivity index (χ1) is 12.1. The van der Waals surface area contributed by atoms with Crippen molar-refractivity contribution in [2.45, 2.75) is 39.2 Å². The molecule has 2 unspecified atom stereocenters. The molecule has 0 aliphatic carbocycles. The predicted molar refractivity (Wildman–Crippen MR) is 99.1 cm³/mol. The fourth-order valence-corrected chi connectivity index (χ4v) is 3.08. The lowest BCUT2D eigenvalue weighted by Crippen LogP contribution is -2.53. The van der Waals surface area contributed by atoms with E-state index >= 15 is 0 Å². The predicted octanol–water partition coefficient (Wildman–Crippen LogP) is 3.11. The third-order valence-corrected chi connectivity index (χ3v) is 4.66. The summed E-state index contributed by atoms with van der Waals surface area (Å²) in [6.07, 6.45) is 1.10. The quantitative estimate of drug-likeness (QED) is 0.452. The molecule has 1 aliphatic heterocycles. The second-order valence-corrected chi connectivity index (χ2v) is 6.48. The van der Waals surface area contributed by atoms with E-state index in [1.54, 1.807) is 0 Å². The van der Waals surface area contributed by atoms with Gasteiger partial charge in [-0.25, -0.2) is 0 Å². The van der Waals surface area contributed by atoms with E-state index in [1.165, 1.54) is 0 Å². The molecule has 0 N–H and O–H groups in total. The van der Waals surface area contributed by atoms with E-state index < -0.39 is 5.60 Å². The van der Waals surface area contributed by atoms with Crippen LogP contribution in [0.25, 0.3) is 0 Å². The molecule has 4 heteroatoms. The van der Waals surface area contributed by atoms with Crippen molar-refractivity contribution >= 4 is 5.97 Å². The van der Waals surface area contributed by atoms with Gasteiger partial charge in [0.1, 0.15) is 0 Å². The van der Waals surface area contributed by atoms with Crippen molar-refractivity contribution in [1.29, 1.82) is 0 Å². The van der Waals surface area contributed by atoms with Gasteiger partial charge in [-0.2, -0.15) is 0 Å². The summed E-state index contributed by atoms with van der Waals surface area (Å²) < 4.78 is 11.3. The van der Waals surface area contributed by atoms with Crippen LogP contribution in [0.15, 0.2) is 30.3 Å². The lowest BCUT2D eigenvalue weighted by atomic mass is 9.82. The largest absolute Gasteiger partial charge is 0.445 e. The minimum Gasteiger partial charge on any atom is -0.445 e. The maximum absolute atomic E-state index is 12.0. The van der Waals surface area contributed by atoms with Crippen molar-refractivity contribution in [3.63, 3.8) is 0 Å². The zero-order chi connectivity index (χ0) is 18.1. The standard InChI is InChI=1S/C21H29NO3/c1-4-20(23)25-21(12-11-19-9-7-6-8-10-19)13-14-22(17-18(21)3)15-16-24-5-2/h6-10,18H,4-5,13-17H2,1-3H3. The summed E-state index contributed by atoms with van der Waals surface area (Å²) in [6.45, 7) is 10.0. The van der Waals surface area contributed by atoms with Gasteiger partial charge in [0, 0.05) is 50.6 Å². The first-order valence-corrected chi connectivity index (χ1v) is 9.19. The zero-order valence-corrected chi connectivity index (χ0v) is 15.6. The molecular formula is C21H29NO3. The SMILES string of the molecule is CCOCCN1CCC(C#Cc2ccccc2)(OC(=O)CC)C(C)C1. The van der Waals surface area contributed by atoms with Crippen LogP contribution in [0, 0.1) is 17.8 Å². The molecule has 0 saturated carbocycles. The Morgan fingerprint density at radius 1 is 1.32 bits per heavy atom. The molecule has 1 aliphatic rings. The number of esters is 1. The number of benzene rings is 1. The molecule has 1 fully saturated rings. The molecule has 25 heavy (non-hydrogen) atoms. The van der Waals surface area contributed by atoms with Crippen molar-refractivity contribution in [3.05, 3.63) is 35.9 Å². The molecule has 1 heterocycles. The normalized spacial score (nSPS) is 23.6. The van der Waals surface area contributed by atoms with Gasteiger partial charge in [-0.1, -0.05) is 38.0 Å². The molecule has 2 atom stereocenters. The number of carbonyl (C=O) groups excluding carboxylic acids is 1. The van der Waals surface area contributed by atoms with Crippen LogP contribution in [0.2, 0.25) is 0 Å². The Balaban J connectivity index is 2.14. The third-order valence-electron chi connectivity index (χ3n) is 4.66. The first-order valence-electron chi connectivity index (χ1n) is 9.19. The van der Waals surface area contributed by atoms with Gasteiger partial charge >= 0.3 is 5.97 Å². The highest BCUT2D eigenvalue weighted by Crippen LogP contribution is 2.32. The highest BCUT2D eigenvalue weighted by Gasteiger charge is 2.42. The molecule has 1 saturated heterocycles. The maximum atomic E-state index is 12.0. The van der Waals surface area contributed by atoms with E-state index in [2.05, 4.69) is 23.7 Å². The van der Waals surface area contributed by atoms with Crippen LogP contribution in [-0.2, 0) is 14.3 Å². The maximum Gasteiger partial charge on any atom is 0.307 e. The van der Waals surface area contributed by atoms with Crippen LogP contribution in [0.4, 0.5) is 0 Å². The van der Waals surface area contributed by atoms with E-state index in [-0.39, 0.29) is 11.9 Å². The molecule has 0 bridgehead atoms. The molecule has 0 radical (unpaired) electrons. The van der Waals surface area contributed by atoms with Crippen molar-refractivity contribution in [3.8, 4) is 11.8 Å². The smallest absolute Gasteiger partial charge is 0.307 e. The molecule has 136 valence electrons. The fraction of sp³-hybridized carbons (Fsp3) is 0.571. The van der Waals surface area contributed by atoms with Gasteiger partial charge in [-0.05, 0) is 25.0 Å². The summed E-state index contributed by atoms with van der Waals surface area (Å²) in [5, 5.41) is 0. The summed E-state index contributed by atoms with van der Waals surface area (Å²) in [6, 6.07) is 9.86. The van der Waals surface area contributed by atoms with Crippen LogP contribution in [0.1, 0.15) is 39.2 Å². The number of hydrogen-bond acceptors (Lipinski definition) is 4. The van der Waals surface area contributed by atoms with Gasteiger partial charge in [0.15, 0.2) is 5.60 Å². The van der Waals surface area contributed by atoms with Crippen LogP contribution < -0.4 is 0 Å². The molecular weight excluding hydrogens is 314 g/mol. The summed E-state index contributed by atoms with van der Waals surface area (Å²) in [4.78, 5) is 14.4. The lowest BCUT2D eigenvalue weighted by Gasteiger charge is -2.42. The van der Waals surface area contributed by atoms with Crippen LogP contribution in [0.5, 0.6) is 0 Å². The summed E-state index contributed by atoms with van der Waals surface area (Å²) >= 11 is 0. The summed E-state index contributed by atoms with van der Waals surface area (Å²) in [5.74, 6) is 6.48. The Hall–Kier alpha value is -1.83. The number of likely N-dealkylation sites (tertiary alicyclic amines) is 1. The molecule has 2 rings (SSSR count). The van der Waals surface area contributed by atoms with Crippen molar-refractivity contribution in [2.24, 2.45) is 5.92 Å². The average molecular weight is 343 g/mol. The number of carbonyl (C=O) groups is 1. The Kier molecular flexibility index (Phi) is 7.49. The van der Waals surface area contributed by atoms with Crippen LogP contribution in [0.3, 0.4) is 0 Å². The number of rotatable bonds is 6. The van der Waals surface area contributed by atoms with E-state index in [1.807, 2.05) is 44.2 Å². The van der Waals surface area contributed by atoms with Gasteiger partial charge in [0.25, 0.3) is 0 Å². The average Bonchev–Trinajstić information content (AvgIpc) is 2.63. The Labute approximate surface area is 151 Å². The number of nitrogens with zero attached hydrogens (tertiary/aromatic N) is 1. The number of hydrogen-bond donors (Lipinski definition) is 0. The van der Waals surface area contributed by atoms with Crippen molar-refractivity contribution in [1.82, 2.24) is 4.90 Å². The van der Waals surface area contributed by atoms with Crippen LogP contribution >= 0.6 is 0 Å². The Bertz CT molecular complexity index is 605. The third kappa shape index (κ3) is 5.59. The second kappa shape index (κ2) is 9.60. The van der Waals surface area contributed by atoms with Gasteiger partial charge in [0.05, 0.1) is 6.61 Å². The topological polar surface area (TPSA) is 38.8 Å². The fourth-order valence-electron chi connectivity index (χ4n) is 3.08. The molecule has 1 aromatic carbocycles. The second-order valence-electron chi connectivity index (χ2n) is 6.48. The van der Waals surface area contributed by atoms with Gasteiger partial charge in [0.2, 0.25) is 0 Å². The molecule has 0 aromatic heterocycles. The highest BCUT2D eigenvalue weighted by atomic mass is 16.6. The Morgan fingerprint density at radius 2 is 2.08 bits per heavy atom. The monoisotopic (exact) mass is 343 g/mol. The number of piperidine rings is 1. The molecule has 4 nitrogen and oxygen atoms in total. The van der Waals surface area contributed by atoms with E-state index in [4.69, 9.17) is 9.47 Å². The minimum atomic E-state index is -0.703. The zero-order valence-electron chi connectivity index (χ0n) is 15.6. The first kappa shape index (κ1) is 19.5. The minimum absolute atomic E-state index is 0.148. The Morgan fingerprint density at radius 3 is 2.72 bits per heavy atom. The summed E-state index contributed by atoms with van der Waals surface area (Å²) in [5.41, 5.74) is 0.241. The summed E-state index contributed by atoms with van der Waals surface area (Å²) in [7, 11) is 0.